The molecule has 2 N–H and O–H groups in total. The van der Waals surface area contributed by atoms with Gasteiger partial charge < -0.3 is 9.84 Å². The molecular formula is C39H36Cl3N3O6. The van der Waals surface area contributed by atoms with Gasteiger partial charge in [-0.05, 0) is 85.2 Å². The SMILES string of the molecule is COc1ccc(C23C(=O)N(Nc4ccc(Cl)cc4Cl)C(=O)C2CC2C(=CCC4C(=O)N(C5CCCCC5)C(=O)C42)C3c2ccc(O)cc2Cl)cc1. The number of phenolic OH excluding ortho intramolecular Hbond substituents is 1. The highest BCUT2D eigenvalue weighted by Gasteiger charge is 2.70. The van der Waals surface area contributed by atoms with Crippen molar-refractivity contribution in [2.75, 3.05) is 12.5 Å². The number of hydrazine groups is 1. The van der Waals surface area contributed by atoms with Crippen LogP contribution in [0.3, 0.4) is 0 Å². The first-order valence-corrected chi connectivity index (χ1v) is 18.5. The lowest BCUT2D eigenvalue weighted by Gasteiger charge is -2.50. The molecule has 8 rings (SSSR count). The van der Waals surface area contributed by atoms with Crippen LogP contribution in [0.4, 0.5) is 5.69 Å². The molecule has 0 bridgehead atoms. The van der Waals surface area contributed by atoms with Gasteiger partial charge >= 0.3 is 0 Å². The number of fused-ring (bicyclic) bond motifs is 4. The first-order valence-electron chi connectivity index (χ1n) is 17.4. The normalized spacial score (nSPS) is 29.1. The Bertz CT molecular complexity index is 2000. The van der Waals surface area contributed by atoms with Crippen LogP contribution < -0.4 is 10.2 Å². The Kier molecular flexibility index (Phi) is 8.59. The summed E-state index contributed by atoms with van der Waals surface area (Å²) in [5.41, 5.74) is 3.64. The molecule has 3 aromatic rings. The van der Waals surface area contributed by atoms with Crippen LogP contribution in [0.1, 0.15) is 62.0 Å². The van der Waals surface area contributed by atoms with E-state index in [0.717, 1.165) is 42.7 Å². The van der Waals surface area contributed by atoms with Crippen molar-refractivity contribution in [2.24, 2.45) is 23.7 Å². The van der Waals surface area contributed by atoms with E-state index >= 15 is 4.79 Å². The fourth-order valence-corrected chi connectivity index (χ4v) is 10.4. The third-order valence-electron chi connectivity index (χ3n) is 11.8. The van der Waals surface area contributed by atoms with Crippen LogP contribution in [0.25, 0.3) is 0 Å². The molecule has 3 aliphatic carbocycles. The molecule has 0 spiro atoms. The Balaban J connectivity index is 1.32. The second-order valence-electron chi connectivity index (χ2n) is 14.3. The number of aromatic hydroxyl groups is 1. The van der Waals surface area contributed by atoms with Gasteiger partial charge in [0.2, 0.25) is 11.8 Å². The number of carbonyl (C=O) groups excluding carboxylic acids is 4. The van der Waals surface area contributed by atoms with E-state index in [1.54, 1.807) is 49.6 Å². The second-order valence-corrected chi connectivity index (χ2v) is 15.5. The smallest absolute Gasteiger partial charge is 0.260 e. The van der Waals surface area contributed by atoms with E-state index in [1.165, 1.54) is 23.1 Å². The summed E-state index contributed by atoms with van der Waals surface area (Å²) in [5, 5.41) is 12.3. The van der Waals surface area contributed by atoms with E-state index in [-0.39, 0.29) is 40.1 Å². The molecule has 6 unspecified atom stereocenters. The molecule has 2 saturated heterocycles. The number of hydrogen-bond acceptors (Lipinski definition) is 7. The number of hydrogen-bond donors (Lipinski definition) is 2. The molecule has 3 aromatic carbocycles. The minimum Gasteiger partial charge on any atom is -0.508 e. The highest BCUT2D eigenvalue weighted by molar-refractivity contribution is 6.36. The molecule has 0 aromatic heterocycles. The number of allylic oxidation sites excluding steroid dienone is 2. The summed E-state index contributed by atoms with van der Waals surface area (Å²) < 4.78 is 5.46. The molecule has 51 heavy (non-hydrogen) atoms. The molecule has 0 radical (unpaired) electrons. The number of phenols is 1. The number of ether oxygens (including phenoxy) is 1. The van der Waals surface area contributed by atoms with Crippen LogP contribution in [-0.2, 0) is 24.6 Å². The number of amides is 4. The van der Waals surface area contributed by atoms with Crippen molar-refractivity contribution in [1.82, 2.24) is 9.91 Å². The van der Waals surface area contributed by atoms with E-state index in [0.29, 0.717) is 34.0 Å². The van der Waals surface area contributed by atoms with Gasteiger partial charge in [-0.1, -0.05) is 83.9 Å². The van der Waals surface area contributed by atoms with Crippen LogP contribution in [0.5, 0.6) is 11.5 Å². The number of likely N-dealkylation sites (tertiary alicyclic amines) is 1. The maximum Gasteiger partial charge on any atom is 0.260 e. The predicted molar refractivity (Wildman–Crippen MR) is 192 cm³/mol. The fourth-order valence-electron chi connectivity index (χ4n) is 9.66. The van der Waals surface area contributed by atoms with Gasteiger partial charge in [-0.3, -0.25) is 29.5 Å². The molecule has 2 aliphatic heterocycles. The number of carbonyl (C=O) groups is 4. The van der Waals surface area contributed by atoms with Gasteiger partial charge in [-0.15, -0.1) is 0 Å². The van der Waals surface area contributed by atoms with Crippen LogP contribution >= 0.6 is 34.8 Å². The summed E-state index contributed by atoms with van der Waals surface area (Å²) in [5.74, 6) is -4.41. The van der Waals surface area contributed by atoms with Crippen molar-refractivity contribution in [3.63, 3.8) is 0 Å². The van der Waals surface area contributed by atoms with Gasteiger partial charge in [0.15, 0.2) is 0 Å². The number of nitrogens with one attached hydrogen (secondary N) is 1. The van der Waals surface area contributed by atoms with Crippen LogP contribution in [-0.4, -0.2) is 51.8 Å². The number of methoxy groups -OCH3 is 1. The van der Waals surface area contributed by atoms with E-state index in [2.05, 4.69) is 5.43 Å². The summed E-state index contributed by atoms with van der Waals surface area (Å²) in [6.45, 7) is 0. The molecule has 264 valence electrons. The van der Waals surface area contributed by atoms with Crippen molar-refractivity contribution in [2.45, 2.75) is 62.3 Å². The minimum absolute atomic E-state index is 0.0574. The first kappa shape index (κ1) is 34.1. The quantitative estimate of drug-likeness (QED) is 0.196. The van der Waals surface area contributed by atoms with E-state index in [9.17, 15) is 19.5 Å². The fraction of sp³-hybridized carbons (Fsp3) is 0.385. The summed E-state index contributed by atoms with van der Waals surface area (Å²) >= 11 is 19.7. The Morgan fingerprint density at radius 3 is 2.27 bits per heavy atom. The molecular weight excluding hydrogens is 713 g/mol. The summed E-state index contributed by atoms with van der Waals surface area (Å²) in [7, 11) is 1.55. The Labute approximate surface area is 310 Å². The largest absolute Gasteiger partial charge is 0.508 e. The third kappa shape index (κ3) is 5.18. The van der Waals surface area contributed by atoms with E-state index in [4.69, 9.17) is 39.5 Å². The van der Waals surface area contributed by atoms with E-state index in [1.807, 2.05) is 6.08 Å². The Morgan fingerprint density at radius 2 is 1.59 bits per heavy atom. The number of anilines is 1. The molecule has 5 aliphatic rings. The van der Waals surface area contributed by atoms with Gasteiger partial charge in [0.25, 0.3) is 11.8 Å². The predicted octanol–water partition coefficient (Wildman–Crippen LogP) is 7.68. The van der Waals surface area contributed by atoms with Crippen LogP contribution in [0, 0.1) is 23.7 Å². The minimum atomic E-state index is -1.54. The highest BCUT2D eigenvalue weighted by atomic mass is 35.5. The van der Waals surface area contributed by atoms with Crippen molar-refractivity contribution < 1.29 is 29.0 Å². The maximum atomic E-state index is 15.3. The second kappa shape index (κ2) is 12.9. The van der Waals surface area contributed by atoms with Gasteiger partial charge in [0, 0.05) is 22.0 Å². The molecule has 12 heteroatoms. The van der Waals surface area contributed by atoms with Gasteiger partial charge in [0.1, 0.15) is 11.5 Å². The van der Waals surface area contributed by atoms with Crippen molar-refractivity contribution in [1.29, 1.82) is 0 Å². The summed E-state index contributed by atoms with van der Waals surface area (Å²) in [6.07, 6.45) is 7.07. The molecule has 9 nitrogen and oxygen atoms in total. The Morgan fingerprint density at radius 1 is 0.843 bits per heavy atom. The lowest BCUT2D eigenvalue weighted by Crippen LogP contribution is -2.53. The lowest BCUT2D eigenvalue weighted by atomic mass is 9.49. The third-order valence-corrected chi connectivity index (χ3v) is 12.7. The highest BCUT2D eigenvalue weighted by Crippen LogP contribution is 2.65. The number of imide groups is 2. The first-order chi connectivity index (χ1) is 24.6. The number of nitrogens with zero attached hydrogens (tertiary/aromatic N) is 2. The lowest BCUT2D eigenvalue weighted by molar-refractivity contribution is -0.144. The standard InChI is InChI=1S/C39H36Cl3N3O6/c1-51-24-11-7-20(8-12-24)39-29(36(48)45(38(39)50)43-32-16-9-21(40)17-31(32)42)19-28-25(34(39)26-13-10-23(46)18-30(26)41)14-15-27-33(28)37(49)44(35(27)47)22-5-3-2-4-6-22/h7-14,16-18,22,27-29,33-34,43,46H,2-6,15,19H2,1H3. The summed E-state index contributed by atoms with van der Waals surface area (Å²) in [4.78, 5) is 60.2. The van der Waals surface area contributed by atoms with Crippen LogP contribution in [0.2, 0.25) is 15.1 Å². The van der Waals surface area contributed by atoms with Crippen molar-refractivity contribution in [3.05, 3.63) is 98.5 Å². The van der Waals surface area contributed by atoms with Gasteiger partial charge in [-0.25, -0.2) is 0 Å². The van der Waals surface area contributed by atoms with E-state index < -0.39 is 46.8 Å². The van der Waals surface area contributed by atoms with Crippen molar-refractivity contribution in [3.8, 4) is 11.5 Å². The summed E-state index contributed by atoms with van der Waals surface area (Å²) in [6, 6.07) is 16.3. The van der Waals surface area contributed by atoms with Crippen molar-refractivity contribution >= 4 is 64.1 Å². The molecule has 2 heterocycles. The Hall–Kier alpha value is -4.05. The molecule has 4 fully saturated rings. The average molecular weight is 749 g/mol. The molecule has 2 saturated carbocycles. The number of benzene rings is 3. The molecule has 6 atom stereocenters. The monoisotopic (exact) mass is 747 g/mol. The zero-order valence-electron chi connectivity index (χ0n) is 27.8. The topological polar surface area (TPSA) is 116 Å². The number of halogens is 3. The zero-order valence-corrected chi connectivity index (χ0v) is 30.0. The molecule has 4 amide bonds. The van der Waals surface area contributed by atoms with Gasteiger partial charge in [0.05, 0.1) is 41.0 Å². The van der Waals surface area contributed by atoms with Gasteiger partial charge in [-0.2, -0.15) is 5.01 Å². The zero-order chi connectivity index (χ0) is 35.8. The average Bonchev–Trinajstić information content (AvgIpc) is 3.50. The van der Waals surface area contributed by atoms with Crippen LogP contribution in [0.15, 0.2) is 72.3 Å². The maximum absolute atomic E-state index is 15.3. The number of rotatable bonds is 6.